The van der Waals surface area contributed by atoms with Crippen LogP contribution in [0.4, 0.5) is 5.95 Å². The fraction of sp³-hybridized carbons (Fsp3) is 0.615. The lowest BCUT2D eigenvalue weighted by molar-refractivity contribution is -0.125. The number of nitrogens with one attached hydrogen (secondary N) is 1. The van der Waals surface area contributed by atoms with E-state index in [1.54, 1.807) is 19.9 Å². The summed E-state index contributed by atoms with van der Waals surface area (Å²) in [5, 5.41) is 3.02. The van der Waals surface area contributed by atoms with Crippen LogP contribution in [0.5, 0.6) is 5.88 Å². The minimum absolute atomic E-state index is 0.0456. The highest BCUT2D eigenvalue weighted by molar-refractivity contribution is 5.80. The van der Waals surface area contributed by atoms with Crippen LogP contribution < -0.4 is 15.8 Å². The molecule has 1 aromatic rings. The maximum atomic E-state index is 11.2. The summed E-state index contributed by atoms with van der Waals surface area (Å²) in [6.07, 6.45) is 0.0456. The molecular formula is C13H22N4O2. The van der Waals surface area contributed by atoms with Gasteiger partial charge in [-0.1, -0.05) is 0 Å². The first-order valence-electron chi connectivity index (χ1n) is 6.27. The van der Waals surface area contributed by atoms with Crippen molar-refractivity contribution in [3.63, 3.8) is 0 Å². The van der Waals surface area contributed by atoms with Gasteiger partial charge in [-0.25, -0.2) is 4.98 Å². The highest BCUT2D eigenvalue weighted by Crippen LogP contribution is 2.17. The number of rotatable bonds is 6. The Labute approximate surface area is 113 Å². The number of carbonyl (C=O) groups excluding carboxylic acids is 1. The number of anilines is 1. The molecule has 3 N–H and O–H groups in total. The average Bonchev–Trinajstić information content (AvgIpc) is 2.24. The van der Waals surface area contributed by atoms with Crippen molar-refractivity contribution in [2.75, 3.05) is 11.9 Å². The van der Waals surface area contributed by atoms with E-state index in [2.05, 4.69) is 15.3 Å². The van der Waals surface area contributed by atoms with Crippen molar-refractivity contribution < 1.29 is 9.53 Å². The highest BCUT2D eigenvalue weighted by Gasteiger charge is 2.25. The monoisotopic (exact) mass is 266 g/mol. The van der Waals surface area contributed by atoms with Gasteiger partial charge < -0.3 is 15.8 Å². The first kappa shape index (κ1) is 15.2. The number of primary amides is 1. The number of amides is 1. The van der Waals surface area contributed by atoms with Crippen LogP contribution in [0.1, 0.15) is 33.4 Å². The van der Waals surface area contributed by atoms with Gasteiger partial charge in [0.05, 0.1) is 11.5 Å². The lowest BCUT2D eigenvalue weighted by Crippen LogP contribution is -2.37. The summed E-state index contributed by atoms with van der Waals surface area (Å²) in [7, 11) is 0. The Morgan fingerprint density at radius 1 is 1.47 bits per heavy atom. The molecule has 6 nitrogen and oxygen atoms in total. The van der Waals surface area contributed by atoms with E-state index in [1.807, 2.05) is 20.8 Å². The number of aryl methyl sites for hydroxylation is 1. The summed E-state index contributed by atoms with van der Waals surface area (Å²) in [4.78, 5) is 19.7. The molecule has 0 aliphatic rings. The minimum atomic E-state index is -0.661. The summed E-state index contributed by atoms with van der Waals surface area (Å²) < 4.78 is 5.53. The molecule has 106 valence electrons. The Bertz CT molecular complexity index is 458. The van der Waals surface area contributed by atoms with Gasteiger partial charge in [-0.05, 0) is 34.6 Å². The van der Waals surface area contributed by atoms with Crippen LogP contribution in [-0.4, -0.2) is 28.5 Å². The van der Waals surface area contributed by atoms with E-state index in [4.69, 9.17) is 10.5 Å². The van der Waals surface area contributed by atoms with E-state index in [9.17, 15) is 4.79 Å². The number of aromatic nitrogens is 2. The van der Waals surface area contributed by atoms with Gasteiger partial charge in [-0.15, -0.1) is 0 Å². The number of nitrogens with zero attached hydrogens (tertiary/aromatic N) is 2. The number of ether oxygens (including phenoxy) is 1. The molecule has 0 atom stereocenters. The van der Waals surface area contributed by atoms with Crippen molar-refractivity contribution in [2.24, 2.45) is 11.1 Å². The molecule has 0 saturated carbocycles. The Morgan fingerprint density at radius 3 is 2.63 bits per heavy atom. The fourth-order valence-corrected chi connectivity index (χ4v) is 1.31. The van der Waals surface area contributed by atoms with Crippen LogP contribution in [0.25, 0.3) is 0 Å². The molecule has 0 saturated heterocycles. The molecule has 0 fully saturated rings. The van der Waals surface area contributed by atoms with E-state index in [0.717, 1.165) is 5.69 Å². The molecule has 1 heterocycles. The fourth-order valence-electron chi connectivity index (χ4n) is 1.31. The zero-order valence-corrected chi connectivity index (χ0v) is 12.2. The van der Waals surface area contributed by atoms with Gasteiger partial charge >= 0.3 is 0 Å². The van der Waals surface area contributed by atoms with E-state index >= 15 is 0 Å². The molecular weight excluding hydrogens is 244 g/mol. The van der Waals surface area contributed by atoms with Crippen molar-refractivity contribution in [1.29, 1.82) is 0 Å². The lowest BCUT2D eigenvalue weighted by Gasteiger charge is -2.21. The number of hydrogen-bond acceptors (Lipinski definition) is 5. The zero-order valence-electron chi connectivity index (χ0n) is 12.2. The van der Waals surface area contributed by atoms with Gasteiger partial charge in [0.15, 0.2) is 0 Å². The number of hydrogen-bond donors (Lipinski definition) is 2. The van der Waals surface area contributed by atoms with Crippen LogP contribution in [-0.2, 0) is 4.79 Å². The molecule has 19 heavy (non-hydrogen) atoms. The molecule has 0 aliphatic heterocycles. The van der Waals surface area contributed by atoms with E-state index in [0.29, 0.717) is 18.4 Å². The molecule has 0 aliphatic carbocycles. The third-order valence-electron chi connectivity index (χ3n) is 2.54. The van der Waals surface area contributed by atoms with E-state index < -0.39 is 5.41 Å². The first-order chi connectivity index (χ1) is 8.70. The van der Waals surface area contributed by atoms with Gasteiger partial charge in [0.25, 0.3) is 0 Å². The smallest absolute Gasteiger partial charge is 0.226 e. The highest BCUT2D eigenvalue weighted by atomic mass is 16.5. The topological polar surface area (TPSA) is 90.1 Å². The zero-order chi connectivity index (χ0) is 14.6. The van der Waals surface area contributed by atoms with Crippen LogP contribution in [0.15, 0.2) is 6.07 Å². The van der Waals surface area contributed by atoms with Gasteiger partial charge in [0.1, 0.15) is 0 Å². The van der Waals surface area contributed by atoms with Gasteiger partial charge in [0, 0.05) is 18.3 Å². The minimum Gasteiger partial charge on any atom is -0.475 e. The number of carbonyl (C=O) groups is 1. The second-order valence-electron chi connectivity index (χ2n) is 5.44. The predicted octanol–water partition coefficient (Wildman–Crippen LogP) is 1.50. The largest absolute Gasteiger partial charge is 0.475 e. The van der Waals surface area contributed by atoms with Gasteiger partial charge in [-0.3, -0.25) is 4.79 Å². The van der Waals surface area contributed by atoms with Gasteiger partial charge in [-0.2, -0.15) is 4.98 Å². The third-order valence-corrected chi connectivity index (χ3v) is 2.54. The molecule has 0 unspecified atom stereocenters. The van der Waals surface area contributed by atoms with Crippen LogP contribution >= 0.6 is 0 Å². The third kappa shape index (κ3) is 4.73. The Morgan fingerprint density at radius 2 is 2.11 bits per heavy atom. The first-order valence-corrected chi connectivity index (χ1v) is 6.27. The SMILES string of the molecule is Cc1cc(OC(C)C)nc(NCC(C)(C)C(N)=O)n1. The quantitative estimate of drug-likeness (QED) is 0.814. The van der Waals surface area contributed by atoms with Crippen LogP contribution in [0, 0.1) is 12.3 Å². The van der Waals surface area contributed by atoms with E-state index in [1.165, 1.54) is 0 Å². The standard InChI is InChI=1S/C13H22N4O2/c1-8(2)19-10-6-9(3)16-12(17-10)15-7-13(4,5)11(14)18/h6,8H,7H2,1-5H3,(H2,14,18)(H,15,16,17). The summed E-state index contributed by atoms with van der Waals surface area (Å²) in [6.45, 7) is 9.63. The van der Waals surface area contributed by atoms with Crippen LogP contribution in [0.3, 0.4) is 0 Å². The second kappa shape index (κ2) is 5.86. The molecule has 0 radical (unpaired) electrons. The second-order valence-corrected chi connectivity index (χ2v) is 5.44. The van der Waals surface area contributed by atoms with Gasteiger partial charge in [0.2, 0.25) is 17.7 Å². The Kier molecular flexibility index (Phi) is 4.69. The van der Waals surface area contributed by atoms with E-state index in [-0.39, 0.29) is 12.0 Å². The Balaban J connectivity index is 2.79. The van der Waals surface area contributed by atoms with Crippen molar-refractivity contribution in [1.82, 2.24) is 9.97 Å². The molecule has 6 heteroatoms. The maximum absolute atomic E-state index is 11.2. The number of nitrogens with two attached hydrogens (primary N) is 1. The molecule has 1 rings (SSSR count). The molecule has 0 spiro atoms. The van der Waals surface area contributed by atoms with Crippen LogP contribution in [0.2, 0.25) is 0 Å². The predicted molar refractivity (Wildman–Crippen MR) is 74.0 cm³/mol. The maximum Gasteiger partial charge on any atom is 0.226 e. The van der Waals surface area contributed by atoms with Crippen molar-refractivity contribution in [2.45, 2.75) is 40.7 Å². The summed E-state index contributed by atoms with van der Waals surface area (Å²) >= 11 is 0. The summed E-state index contributed by atoms with van der Waals surface area (Å²) in [5.74, 6) is 0.582. The molecule has 0 bridgehead atoms. The molecule has 1 amide bonds. The average molecular weight is 266 g/mol. The summed E-state index contributed by atoms with van der Waals surface area (Å²) in [6, 6.07) is 1.77. The van der Waals surface area contributed by atoms with Crippen molar-refractivity contribution in [3.8, 4) is 5.88 Å². The lowest BCUT2D eigenvalue weighted by atomic mass is 9.93. The normalized spacial score (nSPS) is 11.5. The summed E-state index contributed by atoms with van der Waals surface area (Å²) in [5.41, 5.74) is 5.45. The Hall–Kier alpha value is -1.85. The van der Waals surface area contributed by atoms with Crippen molar-refractivity contribution in [3.05, 3.63) is 11.8 Å². The molecule has 1 aromatic heterocycles. The molecule has 0 aromatic carbocycles. The van der Waals surface area contributed by atoms with Crippen molar-refractivity contribution >= 4 is 11.9 Å².